The van der Waals surface area contributed by atoms with Crippen molar-refractivity contribution in [2.75, 3.05) is 6.54 Å². The average molecular weight is 309 g/mol. The van der Waals surface area contributed by atoms with Crippen LogP contribution in [0.3, 0.4) is 0 Å². The molecular formula is C19H20FN3. The first-order chi connectivity index (χ1) is 11.3. The number of nitrogens with zero attached hydrogens (tertiary/aromatic N) is 1. The molecule has 0 spiro atoms. The van der Waals surface area contributed by atoms with Crippen LogP contribution in [0.25, 0.3) is 22.6 Å². The summed E-state index contributed by atoms with van der Waals surface area (Å²) in [6, 6.07) is 14.7. The maximum absolute atomic E-state index is 13.0. The van der Waals surface area contributed by atoms with Gasteiger partial charge in [0.05, 0.1) is 11.9 Å². The van der Waals surface area contributed by atoms with Crippen molar-refractivity contribution < 1.29 is 4.39 Å². The van der Waals surface area contributed by atoms with Gasteiger partial charge in [0, 0.05) is 12.1 Å². The van der Waals surface area contributed by atoms with E-state index >= 15 is 0 Å². The molecule has 1 aromatic heterocycles. The van der Waals surface area contributed by atoms with Crippen molar-refractivity contribution in [1.29, 1.82) is 0 Å². The number of imidazole rings is 1. The third-order valence-electron chi connectivity index (χ3n) is 3.69. The van der Waals surface area contributed by atoms with E-state index < -0.39 is 0 Å². The van der Waals surface area contributed by atoms with Gasteiger partial charge in [-0.05, 0) is 54.4 Å². The third-order valence-corrected chi connectivity index (χ3v) is 3.69. The molecule has 0 aliphatic heterocycles. The predicted octanol–water partition coefficient (Wildman–Crippen LogP) is 4.38. The smallest absolute Gasteiger partial charge is 0.137 e. The minimum Gasteiger partial charge on any atom is -0.338 e. The second-order valence-corrected chi connectivity index (χ2v) is 5.53. The lowest BCUT2D eigenvalue weighted by Crippen LogP contribution is -2.13. The molecule has 0 aliphatic carbocycles. The van der Waals surface area contributed by atoms with E-state index in [0.29, 0.717) is 0 Å². The maximum Gasteiger partial charge on any atom is 0.137 e. The molecule has 0 aliphatic rings. The van der Waals surface area contributed by atoms with Crippen LogP contribution in [0, 0.1) is 5.82 Å². The van der Waals surface area contributed by atoms with Crippen molar-refractivity contribution in [3.8, 4) is 22.6 Å². The Balaban J connectivity index is 1.80. The van der Waals surface area contributed by atoms with Gasteiger partial charge in [-0.3, -0.25) is 0 Å². The Bertz CT molecular complexity index is 762. The molecule has 3 rings (SSSR count). The van der Waals surface area contributed by atoms with Crippen LogP contribution < -0.4 is 5.32 Å². The molecule has 0 radical (unpaired) electrons. The van der Waals surface area contributed by atoms with E-state index in [0.717, 1.165) is 42.2 Å². The Kier molecular flexibility index (Phi) is 4.83. The zero-order chi connectivity index (χ0) is 16.1. The van der Waals surface area contributed by atoms with E-state index in [4.69, 9.17) is 0 Å². The summed E-state index contributed by atoms with van der Waals surface area (Å²) < 4.78 is 13.0. The van der Waals surface area contributed by atoms with Crippen molar-refractivity contribution in [1.82, 2.24) is 15.3 Å². The van der Waals surface area contributed by atoms with Crippen LogP contribution in [-0.2, 0) is 6.54 Å². The monoisotopic (exact) mass is 309 g/mol. The minimum atomic E-state index is -0.243. The summed E-state index contributed by atoms with van der Waals surface area (Å²) in [5.41, 5.74) is 4.18. The van der Waals surface area contributed by atoms with Gasteiger partial charge >= 0.3 is 0 Å². The maximum atomic E-state index is 13.0. The van der Waals surface area contributed by atoms with Gasteiger partial charge in [-0.2, -0.15) is 0 Å². The van der Waals surface area contributed by atoms with Crippen LogP contribution >= 0.6 is 0 Å². The predicted molar refractivity (Wildman–Crippen MR) is 91.4 cm³/mol. The molecule has 0 bridgehead atoms. The highest BCUT2D eigenvalue weighted by molar-refractivity contribution is 5.64. The van der Waals surface area contributed by atoms with Gasteiger partial charge < -0.3 is 10.3 Å². The second-order valence-electron chi connectivity index (χ2n) is 5.53. The van der Waals surface area contributed by atoms with Crippen LogP contribution in [0.15, 0.2) is 54.7 Å². The Labute approximate surface area is 135 Å². The molecule has 23 heavy (non-hydrogen) atoms. The summed E-state index contributed by atoms with van der Waals surface area (Å²) in [7, 11) is 0. The number of hydrogen-bond donors (Lipinski definition) is 2. The molecule has 2 N–H and O–H groups in total. The Hall–Kier alpha value is -2.46. The molecular weight excluding hydrogens is 289 g/mol. The fourth-order valence-corrected chi connectivity index (χ4v) is 2.48. The highest BCUT2D eigenvalue weighted by Crippen LogP contribution is 2.23. The fraction of sp³-hybridized carbons (Fsp3) is 0.211. The summed E-state index contributed by atoms with van der Waals surface area (Å²) in [4.78, 5) is 7.71. The van der Waals surface area contributed by atoms with Gasteiger partial charge in [0.15, 0.2) is 0 Å². The van der Waals surface area contributed by atoms with E-state index in [2.05, 4.69) is 46.5 Å². The number of benzene rings is 2. The van der Waals surface area contributed by atoms with E-state index in [-0.39, 0.29) is 5.82 Å². The molecule has 2 aromatic carbocycles. The molecule has 0 atom stereocenters. The van der Waals surface area contributed by atoms with Crippen molar-refractivity contribution in [2.45, 2.75) is 19.9 Å². The second kappa shape index (κ2) is 7.20. The van der Waals surface area contributed by atoms with Gasteiger partial charge in [-0.25, -0.2) is 9.37 Å². The van der Waals surface area contributed by atoms with Crippen LogP contribution in [0.4, 0.5) is 4.39 Å². The highest BCUT2D eigenvalue weighted by Gasteiger charge is 2.06. The third kappa shape index (κ3) is 3.85. The molecule has 0 saturated carbocycles. The van der Waals surface area contributed by atoms with Crippen molar-refractivity contribution in [3.63, 3.8) is 0 Å². The fourth-order valence-electron chi connectivity index (χ4n) is 2.48. The number of aromatic nitrogens is 2. The van der Waals surface area contributed by atoms with E-state index in [1.165, 1.54) is 17.7 Å². The zero-order valence-electron chi connectivity index (χ0n) is 13.1. The molecule has 4 heteroatoms. The largest absolute Gasteiger partial charge is 0.338 e. The van der Waals surface area contributed by atoms with Crippen LogP contribution in [0.5, 0.6) is 0 Å². The normalized spacial score (nSPS) is 10.9. The Morgan fingerprint density at radius 3 is 2.70 bits per heavy atom. The van der Waals surface area contributed by atoms with Gasteiger partial charge in [0.1, 0.15) is 11.6 Å². The van der Waals surface area contributed by atoms with Gasteiger partial charge in [0.2, 0.25) is 0 Å². The summed E-state index contributed by atoms with van der Waals surface area (Å²) in [5.74, 6) is 0.502. The lowest BCUT2D eigenvalue weighted by atomic mass is 10.1. The van der Waals surface area contributed by atoms with Crippen molar-refractivity contribution in [2.24, 2.45) is 0 Å². The van der Waals surface area contributed by atoms with Crippen LogP contribution in [0.2, 0.25) is 0 Å². The summed E-state index contributed by atoms with van der Waals surface area (Å²) in [6.07, 6.45) is 2.94. The minimum absolute atomic E-state index is 0.243. The van der Waals surface area contributed by atoms with Crippen molar-refractivity contribution in [3.05, 3.63) is 66.1 Å². The number of halogens is 1. The highest BCUT2D eigenvalue weighted by atomic mass is 19.1. The van der Waals surface area contributed by atoms with Crippen LogP contribution in [0.1, 0.15) is 18.9 Å². The topological polar surface area (TPSA) is 40.7 Å². The van der Waals surface area contributed by atoms with Crippen LogP contribution in [-0.4, -0.2) is 16.5 Å². The summed E-state index contributed by atoms with van der Waals surface area (Å²) in [6.45, 7) is 4.04. The molecule has 1 heterocycles. The first-order valence-electron chi connectivity index (χ1n) is 7.87. The average Bonchev–Trinajstić information content (AvgIpc) is 3.06. The van der Waals surface area contributed by atoms with Gasteiger partial charge in [-0.1, -0.05) is 25.1 Å². The number of H-pyrrole nitrogens is 1. The molecule has 0 unspecified atom stereocenters. The molecule has 3 aromatic rings. The molecule has 0 saturated heterocycles. The number of aromatic amines is 1. The summed E-state index contributed by atoms with van der Waals surface area (Å²) in [5, 5.41) is 3.41. The molecule has 0 amide bonds. The number of nitrogens with one attached hydrogen (secondary N) is 2. The Morgan fingerprint density at radius 1 is 1.09 bits per heavy atom. The number of rotatable bonds is 6. The van der Waals surface area contributed by atoms with E-state index in [9.17, 15) is 4.39 Å². The molecule has 3 nitrogen and oxygen atoms in total. The first-order valence-corrected chi connectivity index (χ1v) is 7.87. The van der Waals surface area contributed by atoms with E-state index in [1.54, 1.807) is 12.1 Å². The molecule has 118 valence electrons. The van der Waals surface area contributed by atoms with Gasteiger partial charge in [0.25, 0.3) is 0 Å². The molecule has 0 fully saturated rings. The lowest BCUT2D eigenvalue weighted by Gasteiger charge is -2.05. The standard InChI is InChI=1S/C19H20FN3/c1-2-10-21-12-14-4-3-5-16(11-14)18-13-22-19(23-18)15-6-8-17(20)9-7-15/h3-9,11,13,21H,2,10,12H2,1H3,(H,22,23). The van der Waals surface area contributed by atoms with E-state index in [1.807, 2.05) is 6.20 Å². The van der Waals surface area contributed by atoms with Gasteiger partial charge in [-0.15, -0.1) is 0 Å². The lowest BCUT2D eigenvalue weighted by molar-refractivity contribution is 0.628. The zero-order valence-corrected chi connectivity index (χ0v) is 13.1. The quantitative estimate of drug-likeness (QED) is 0.663. The first kappa shape index (κ1) is 15.4. The SMILES string of the molecule is CCCNCc1cccc(-c2cnc(-c3ccc(F)cc3)[nH]2)c1. The van der Waals surface area contributed by atoms with Crippen molar-refractivity contribution >= 4 is 0 Å². The Morgan fingerprint density at radius 2 is 1.91 bits per heavy atom. The number of hydrogen-bond acceptors (Lipinski definition) is 2. The summed E-state index contributed by atoms with van der Waals surface area (Å²) >= 11 is 0.